The van der Waals surface area contributed by atoms with Crippen LogP contribution in [0.3, 0.4) is 0 Å². The van der Waals surface area contributed by atoms with Gasteiger partial charge in [0.15, 0.2) is 5.69 Å². The molecule has 0 aromatic carbocycles. The van der Waals surface area contributed by atoms with Crippen molar-refractivity contribution in [2.24, 2.45) is 5.92 Å². The number of carbonyl (C=O) groups excluding carboxylic acids is 1. The predicted molar refractivity (Wildman–Crippen MR) is 104 cm³/mol. The van der Waals surface area contributed by atoms with Crippen molar-refractivity contribution in [2.45, 2.75) is 51.6 Å². The number of nitrogens with one attached hydrogen (secondary N) is 2. The summed E-state index contributed by atoms with van der Waals surface area (Å²) >= 11 is 0. The molecule has 8 heteroatoms. The lowest BCUT2D eigenvalue weighted by Crippen LogP contribution is -2.52. The molecule has 27 heavy (non-hydrogen) atoms. The largest absolute Gasteiger partial charge is 0.379 e. The lowest BCUT2D eigenvalue weighted by Gasteiger charge is -2.38. The first-order valence-corrected chi connectivity index (χ1v) is 10.5. The monoisotopic (exact) mass is 378 g/mol. The minimum absolute atomic E-state index is 0.126. The molecule has 1 atom stereocenters. The molecule has 0 aliphatic carbocycles. The number of ether oxygens (including phenoxy) is 1. The van der Waals surface area contributed by atoms with Gasteiger partial charge in [-0.15, -0.1) is 5.10 Å². The van der Waals surface area contributed by atoms with Gasteiger partial charge in [-0.25, -0.2) is 4.68 Å². The summed E-state index contributed by atoms with van der Waals surface area (Å²) in [5.41, 5.74) is 0.416. The third-order valence-electron chi connectivity index (χ3n) is 6.01. The third-order valence-corrected chi connectivity index (χ3v) is 6.01. The molecule has 0 saturated carbocycles. The van der Waals surface area contributed by atoms with E-state index < -0.39 is 0 Å². The number of hydrogen-bond donors (Lipinski definition) is 2. The van der Waals surface area contributed by atoms with Crippen molar-refractivity contribution < 1.29 is 9.53 Å². The molecule has 0 spiro atoms. The molecule has 1 unspecified atom stereocenters. The summed E-state index contributed by atoms with van der Waals surface area (Å²) in [6, 6.07) is 0.679. The molecule has 0 bridgehead atoms. The molecule has 2 saturated heterocycles. The zero-order chi connectivity index (χ0) is 19.1. The number of nitrogens with zero attached hydrogens (tertiary/aromatic N) is 4. The standard InChI is InChI=1S/C19H34N6O2/c1-3-15(4-2)18(24-9-11-27-12-10-24)13-21-19(26)17-14-25(23-22-17)16-5-7-20-8-6-16/h14-16,18,20H,3-13H2,1-2H3,(H,21,26). The van der Waals surface area contributed by atoms with Crippen LogP contribution in [0, 0.1) is 5.92 Å². The van der Waals surface area contributed by atoms with E-state index in [0.717, 1.165) is 65.1 Å². The molecule has 3 heterocycles. The van der Waals surface area contributed by atoms with Gasteiger partial charge in [0, 0.05) is 25.7 Å². The molecule has 2 aliphatic rings. The van der Waals surface area contributed by atoms with Crippen LogP contribution < -0.4 is 10.6 Å². The Hall–Kier alpha value is -1.51. The van der Waals surface area contributed by atoms with E-state index in [4.69, 9.17) is 4.74 Å². The Morgan fingerprint density at radius 3 is 2.67 bits per heavy atom. The highest BCUT2D eigenvalue weighted by atomic mass is 16.5. The molecule has 2 aliphatic heterocycles. The maximum Gasteiger partial charge on any atom is 0.273 e. The lowest BCUT2D eigenvalue weighted by molar-refractivity contribution is 0.00190. The van der Waals surface area contributed by atoms with Crippen LogP contribution in [0.5, 0.6) is 0 Å². The van der Waals surface area contributed by atoms with Crippen LogP contribution in [0.1, 0.15) is 56.1 Å². The second-order valence-corrected chi connectivity index (χ2v) is 7.57. The topological polar surface area (TPSA) is 84.3 Å². The first-order valence-electron chi connectivity index (χ1n) is 10.5. The van der Waals surface area contributed by atoms with Crippen LogP contribution in [0.25, 0.3) is 0 Å². The van der Waals surface area contributed by atoms with Crippen molar-refractivity contribution in [2.75, 3.05) is 45.9 Å². The molecule has 1 aromatic rings. The lowest BCUT2D eigenvalue weighted by atomic mass is 9.92. The zero-order valence-electron chi connectivity index (χ0n) is 16.7. The van der Waals surface area contributed by atoms with Gasteiger partial charge < -0.3 is 15.4 Å². The summed E-state index contributed by atoms with van der Waals surface area (Å²) in [4.78, 5) is 15.1. The molecule has 2 fully saturated rings. The Balaban J connectivity index is 1.58. The first kappa shape index (κ1) is 20.2. The Labute approximate surface area is 162 Å². The van der Waals surface area contributed by atoms with E-state index in [2.05, 4.69) is 39.7 Å². The Morgan fingerprint density at radius 2 is 2.00 bits per heavy atom. The van der Waals surface area contributed by atoms with Crippen LogP contribution in [0.2, 0.25) is 0 Å². The van der Waals surface area contributed by atoms with Crippen LogP contribution in [-0.4, -0.2) is 77.8 Å². The van der Waals surface area contributed by atoms with E-state index in [1.54, 1.807) is 6.20 Å². The summed E-state index contributed by atoms with van der Waals surface area (Å²) in [7, 11) is 0. The van der Waals surface area contributed by atoms with Crippen molar-refractivity contribution in [3.63, 3.8) is 0 Å². The Kier molecular flexibility index (Phi) is 7.60. The number of rotatable bonds is 8. The summed E-state index contributed by atoms with van der Waals surface area (Å²) < 4.78 is 7.35. The highest BCUT2D eigenvalue weighted by molar-refractivity contribution is 5.91. The summed E-state index contributed by atoms with van der Waals surface area (Å²) in [5, 5.41) is 14.8. The van der Waals surface area contributed by atoms with Gasteiger partial charge in [0.25, 0.3) is 5.91 Å². The van der Waals surface area contributed by atoms with E-state index in [-0.39, 0.29) is 5.91 Å². The maximum absolute atomic E-state index is 12.6. The van der Waals surface area contributed by atoms with Gasteiger partial charge >= 0.3 is 0 Å². The van der Waals surface area contributed by atoms with Crippen LogP contribution >= 0.6 is 0 Å². The molecule has 3 rings (SSSR count). The highest BCUT2D eigenvalue weighted by Gasteiger charge is 2.28. The average Bonchev–Trinajstić information content (AvgIpc) is 3.22. The minimum Gasteiger partial charge on any atom is -0.379 e. The van der Waals surface area contributed by atoms with Crippen LogP contribution in [0.4, 0.5) is 0 Å². The number of aromatic nitrogens is 3. The summed E-state index contributed by atoms with van der Waals surface area (Å²) in [5.74, 6) is 0.438. The smallest absolute Gasteiger partial charge is 0.273 e. The number of hydrogen-bond acceptors (Lipinski definition) is 6. The molecular weight excluding hydrogens is 344 g/mol. The van der Waals surface area contributed by atoms with Gasteiger partial charge in [0.05, 0.1) is 25.5 Å². The van der Waals surface area contributed by atoms with Gasteiger partial charge in [-0.05, 0) is 31.8 Å². The fourth-order valence-electron chi connectivity index (χ4n) is 4.25. The second-order valence-electron chi connectivity index (χ2n) is 7.57. The molecule has 1 amide bonds. The van der Waals surface area contributed by atoms with Crippen molar-refractivity contribution in [1.29, 1.82) is 0 Å². The fraction of sp³-hybridized carbons (Fsp3) is 0.842. The maximum atomic E-state index is 12.6. The fourth-order valence-corrected chi connectivity index (χ4v) is 4.25. The summed E-state index contributed by atoms with van der Waals surface area (Å²) in [6.45, 7) is 10.5. The van der Waals surface area contributed by atoms with E-state index in [0.29, 0.717) is 30.2 Å². The molecule has 8 nitrogen and oxygen atoms in total. The SMILES string of the molecule is CCC(CC)C(CNC(=O)c1cn(C2CCNCC2)nn1)N1CCOCC1. The number of carbonyl (C=O) groups is 1. The minimum atomic E-state index is -0.126. The summed E-state index contributed by atoms with van der Waals surface area (Å²) in [6.07, 6.45) is 6.07. The Bertz CT molecular complexity index is 577. The molecule has 1 aromatic heterocycles. The third kappa shape index (κ3) is 5.27. The van der Waals surface area contributed by atoms with E-state index in [1.807, 2.05) is 4.68 Å². The van der Waals surface area contributed by atoms with Crippen molar-refractivity contribution >= 4 is 5.91 Å². The first-order chi connectivity index (χ1) is 13.2. The predicted octanol–water partition coefficient (Wildman–Crippen LogP) is 1.07. The van der Waals surface area contributed by atoms with Crippen molar-refractivity contribution in [1.82, 2.24) is 30.5 Å². The van der Waals surface area contributed by atoms with E-state index in [9.17, 15) is 4.79 Å². The highest BCUT2D eigenvalue weighted by Crippen LogP contribution is 2.20. The van der Waals surface area contributed by atoms with Gasteiger partial charge in [-0.2, -0.15) is 0 Å². The number of morpholine rings is 1. The van der Waals surface area contributed by atoms with Crippen molar-refractivity contribution in [3.8, 4) is 0 Å². The molecular formula is C19H34N6O2. The van der Waals surface area contributed by atoms with Gasteiger partial charge in [0.1, 0.15) is 0 Å². The van der Waals surface area contributed by atoms with Crippen LogP contribution in [-0.2, 0) is 4.74 Å². The quantitative estimate of drug-likeness (QED) is 0.704. The van der Waals surface area contributed by atoms with Gasteiger partial charge in [0.2, 0.25) is 0 Å². The van der Waals surface area contributed by atoms with Gasteiger partial charge in [-0.3, -0.25) is 9.69 Å². The Morgan fingerprint density at radius 1 is 1.30 bits per heavy atom. The molecule has 152 valence electrons. The van der Waals surface area contributed by atoms with E-state index in [1.165, 1.54) is 0 Å². The van der Waals surface area contributed by atoms with Crippen molar-refractivity contribution in [3.05, 3.63) is 11.9 Å². The van der Waals surface area contributed by atoms with Crippen LogP contribution in [0.15, 0.2) is 6.20 Å². The molecule has 0 radical (unpaired) electrons. The molecule has 2 N–H and O–H groups in total. The number of piperidine rings is 1. The normalized spacial score (nSPS) is 20.7. The van der Waals surface area contributed by atoms with E-state index >= 15 is 0 Å². The average molecular weight is 379 g/mol. The second kappa shape index (κ2) is 10.1. The number of amides is 1. The van der Waals surface area contributed by atoms with Gasteiger partial charge in [-0.1, -0.05) is 31.9 Å². The zero-order valence-corrected chi connectivity index (χ0v) is 16.7.